The van der Waals surface area contributed by atoms with Gasteiger partial charge in [-0.1, -0.05) is 38.8 Å². The predicted octanol–water partition coefficient (Wildman–Crippen LogP) is 2.65. The van der Waals surface area contributed by atoms with Crippen molar-refractivity contribution >= 4 is 16.8 Å². The summed E-state index contributed by atoms with van der Waals surface area (Å²) in [5.41, 5.74) is 0.518. The lowest BCUT2D eigenvalue weighted by atomic mass is 9.78. The summed E-state index contributed by atoms with van der Waals surface area (Å²) in [7, 11) is 0. The normalized spacial score (nSPS) is 24.0. The highest BCUT2D eigenvalue weighted by Crippen LogP contribution is 2.29. The molecule has 3 atom stereocenters. The van der Waals surface area contributed by atoms with Gasteiger partial charge in [0.15, 0.2) is 0 Å². The topological polar surface area (TPSA) is 64.0 Å². The molecule has 0 aliphatic heterocycles. The van der Waals surface area contributed by atoms with Crippen LogP contribution in [0.25, 0.3) is 10.9 Å². The van der Waals surface area contributed by atoms with Crippen molar-refractivity contribution in [2.75, 3.05) is 0 Å². The molecule has 5 nitrogen and oxygen atoms in total. The monoisotopic (exact) mass is 327 g/mol. The lowest BCUT2D eigenvalue weighted by Gasteiger charge is -2.34. The standard InChI is InChI=1S/C19H25N3O2/c1-12-7-6-10-16(13(12)2)21-18(23)11-22-14(3)20-17-9-5-4-8-15(17)19(22)24/h4-5,8-9,12-13,16H,6-7,10-11H2,1-3H3,(H,21,23)/t12-,13-,16-/m0/s1. The molecule has 1 heterocycles. The molecule has 0 unspecified atom stereocenters. The van der Waals surface area contributed by atoms with E-state index < -0.39 is 0 Å². The molecule has 0 radical (unpaired) electrons. The molecular weight excluding hydrogens is 302 g/mol. The van der Waals surface area contributed by atoms with Crippen molar-refractivity contribution in [2.24, 2.45) is 11.8 Å². The third kappa shape index (κ3) is 3.21. The first-order valence-electron chi connectivity index (χ1n) is 8.73. The quantitative estimate of drug-likeness (QED) is 0.942. The molecule has 0 saturated heterocycles. The van der Waals surface area contributed by atoms with E-state index in [4.69, 9.17) is 0 Å². The summed E-state index contributed by atoms with van der Waals surface area (Å²) in [6, 6.07) is 7.45. The Morgan fingerprint density at radius 2 is 2.04 bits per heavy atom. The third-order valence-corrected chi connectivity index (χ3v) is 5.41. The van der Waals surface area contributed by atoms with E-state index in [0.29, 0.717) is 28.6 Å². The van der Waals surface area contributed by atoms with Gasteiger partial charge in [0.1, 0.15) is 12.4 Å². The van der Waals surface area contributed by atoms with Crippen LogP contribution in [-0.2, 0) is 11.3 Å². The van der Waals surface area contributed by atoms with Gasteiger partial charge in [0.05, 0.1) is 10.9 Å². The van der Waals surface area contributed by atoms with Crippen LogP contribution in [0.3, 0.4) is 0 Å². The van der Waals surface area contributed by atoms with Crippen molar-refractivity contribution < 1.29 is 4.79 Å². The van der Waals surface area contributed by atoms with Crippen LogP contribution >= 0.6 is 0 Å². The molecule has 1 amide bonds. The highest BCUT2D eigenvalue weighted by molar-refractivity contribution is 5.79. The molecule has 1 N–H and O–H groups in total. The molecule has 1 aliphatic rings. The first-order valence-corrected chi connectivity index (χ1v) is 8.73. The van der Waals surface area contributed by atoms with Gasteiger partial charge in [-0.05, 0) is 37.3 Å². The largest absolute Gasteiger partial charge is 0.352 e. The number of aromatic nitrogens is 2. The van der Waals surface area contributed by atoms with Gasteiger partial charge in [0, 0.05) is 6.04 Å². The van der Waals surface area contributed by atoms with Crippen LogP contribution in [0.2, 0.25) is 0 Å². The molecule has 0 spiro atoms. The maximum Gasteiger partial charge on any atom is 0.261 e. The van der Waals surface area contributed by atoms with E-state index in [1.807, 2.05) is 18.2 Å². The molecule has 1 aliphatic carbocycles. The maximum absolute atomic E-state index is 12.6. The second-order valence-electron chi connectivity index (χ2n) is 7.01. The Labute approximate surface area is 142 Å². The van der Waals surface area contributed by atoms with Crippen molar-refractivity contribution in [3.8, 4) is 0 Å². The van der Waals surface area contributed by atoms with E-state index in [2.05, 4.69) is 24.1 Å². The van der Waals surface area contributed by atoms with Gasteiger partial charge in [-0.15, -0.1) is 0 Å². The molecular formula is C19H25N3O2. The van der Waals surface area contributed by atoms with Gasteiger partial charge in [0.25, 0.3) is 5.56 Å². The number of nitrogens with zero attached hydrogens (tertiary/aromatic N) is 2. The first kappa shape index (κ1) is 16.7. The van der Waals surface area contributed by atoms with Gasteiger partial charge in [-0.3, -0.25) is 14.2 Å². The summed E-state index contributed by atoms with van der Waals surface area (Å²) in [4.78, 5) is 29.6. The number of fused-ring (bicyclic) bond motifs is 1. The number of hydrogen-bond acceptors (Lipinski definition) is 3. The Morgan fingerprint density at radius 1 is 1.29 bits per heavy atom. The second kappa shape index (κ2) is 6.75. The fourth-order valence-corrected chi connectivity index (χ4v) is 3.65. The molecule has 0 bridgehead atoms. The fourth-order valence-electron chi connectivity index (χ4n) is 3.65. The first-order chi connectivity index (χ1) is 11.5. The molecule has 3 rings (SSSR count). The Hall–Kier alpha value is -2.17. The molecule has 5 heteroatoms. The van der Waals surface area contributed by atoms with Crippen molar-refractivity contribution in [3.05, 3.63) is 40.4 Å². The number of hydrogen-bond donors (Lipinski definition) is 1. The van der Waals surface area contributed by atoms with Crippen LogP contribution in [0.1, 0.15) is 38.9 Å². The van der Waals surface area contributed by atoms with Crippen molar-refractivity contribution in [2.45, 2.75) is 52.6 Å². The van der Waals surface area contributed by atoms with E-state index in [-0.39, 0.29) is 24.1 Å². The van der Waals surface area contributed by atoms with E-state index in [9.17, 15) is 9.59 Å². The minimum Gasteiger partial charge on any atom is -0.352 e. The Bertz CT molecular complexity index is 812. The smallest absolute Gasteiger partial charge is 0.261 e. The van der Waals surface area contributed by atoms with Gasteiger partial charge in [-0.2, -0.15) is 0 Å². The van der Waals surface area contributed by atoms with E-state index >= 15 is 0 Å². The van der Waals surface area contributed by atoms with E-state index in [1.165, 1.54) is 11.0 Å². The minimum atomic E-state index is -0.154. The number of carbonyl (C=O) groups excluding carboxylic acids is 1. The number of aryl methyl sites for hydroxylation is 1. The predicted molar refractivity (Wildman–Crippen MR) is 94.8 cm³/mol. The summed E-state index contributed by atoms with van der Waals surface area (Å²) in [5, 5.41) is 3.68. The summed E-state index contributed by atoms with van der Waals surface area (Å²) in [6.45, 7) is 6.24. The van der Waals surface area contributed by atoms with Crippen molar-refractivity contribution in [3.63, 3.8) is 0 Å². The number of rotatable bonds is 3. The number of amides is 1. The molecule has 1 aromatic heterocycles. The Balaban J connectivity index is 1.79. The van der Waals surface area contributed by atoms with Crippen LogP contribution < -0.4 is 10.9 Å². The maximum atomic E-state index is 12.6. The lowest BCUT2D eigenvalue weighted by Crippen LogP contribution is -2.45. The van der Waals surface area contributed by atoms with Crippen LogP contribution in [0, 0.1) is 18.8 Å². The second-order valence-corrected chi connectivity index (χ2v) is 7.01. The molecule has 128 valence electrons. The number of nitrogens with one attached hydrogen (secondary N) is 1. The van der Waals surface area contributed by atoms with Crippen LogP contribution in [0.5, 0.6) is 0 Å². The average molecular weight is 327 g/mol. The Kier molecular flexibility index (Phi) is 4.69. The van der Waals surface area contributed by atoms with Gasteiger partial charge in [0.2, 0.25) is 5.91 Å². The zero-order valence-electron chi connectivity index (χ0n) is 14.6. The highest BCUT2D eigenvalue weighted by atomic mass is 16.2. The molecule has 2 aromatic rings. The fraction of sp³-hybridized carbons (Fsp3) is 0.526. The zero-order valence-corrected chi connectivity index (χ0v) is 14.6. The van der Waals surface area contributed by atoms with Gasteiger partial charge >= 0.3 is 0 Å². The van der Waals surface area contributed by atoms with Crippen LogP contribution in [-0.4, -0.2) is 21.5 Å². The minimum absolute atomic E-state index is 0.0279. The Morgan fingerprint density at radius 3 is 2.83 bits per heavy atom. The highest BCUT2D eigenvalue weighted by Gasteiger charge is 2.28. The average Bonchev–Trinajstić information content (AvgIpc) is 2.56. The zero-order chi connectivity index (χ0) is 17.3. The number of carbonyl (C=O) groups is 1. The van der Waals surface area contributed by atoms with Crippen molar-refractivity contribution in [1.82, 2.24) is 14.9 Å². The molecule has 1 saturated carbocycles. The third-order valence-electron chi connectivity index (χ3n) is 5.41. The number of para-hydroxylation sites is 1. The lowest BCUT2D eigenvalue weighted by molar-refractivity contribution is -0.123. The summed E-state index contributed by atoms with van der Waals surface area (Å²) < 4.78 is 1.47. The molecule has 1 aromatic carbocycles. The van der Waals surface area contributed by atoms with E-state index in [1.54, 1.807) is 13.0 Å². The van der Waals surface area contributed by atoms with Gasteiger partial charge in [-0.25, -0.2) is 4.98 Å². The van der Waals surface area contributed by atoms with Crippen LogP contribution in [0.15, 0.2) is 29.1 Å². The summed E-state index contributed by atoms with van der Waals surface area (Å²) in [5.74, 6) is 1.55. The summed E-state index contributed by atoms with van der Waals surface area (Å²) in [6.07, 6.45) is 3.38. The molecule has 1 fully saturated rings. The summed E-state index contributed by atoms with van der Waals surface area (Å²) >= 11 is 0. The van der Waals surface area contributed by atoms with Crippen molar-refractivity contribution in [1.29, 1.82) is 0 Å². The SMILES string of the molecule is Cc1nc2ccccc2c(=O)n1CC(=O)N[C@H]1CCC[C@H](C)[C@@H]1C. The molecule has 24 heavy (non-hydrogen) atoms. The van der Waals surface area contributed by atoms with Gasteiger partial charge < -0.3 is 5.32 Å². The van der Waals surface area contributed by atoms with E-state index in [0.717, 1.165) is 12.8 Å². The number of benzene rings is 1. The van der Waals surface area contributed by atoms with Crippen LogP contribution in [0.4, 0.5) is 0 Å².